The highest BCUT2D eigenvalue weighted by molar-refractivity contribution is 9.10. The van der Waals surface area contributed by atoms with Crippen LogP contribution < -0.4 is 9.04 Å². The molecule has 0 fully saturated rings. The molecule has 1 aliphatic rings. The molecule has 1 atom stereocenters. The molecule has 1 aliphatic heterocycles. The van der Waals surface area contributed by atoms with E-state index < -0.39 is 15.8 Å². The topological polar surface area (TPSA) is 46.6 Å². The Balaban J connectivity index is 2.17. The van der Waals surface area contributed by atoms with Crippen LogP contribution in [0.3, 0.4) is 0 Å². The van der Waals surface area contributed by atoms with Gasteiger partial charge in [0.15, 0.2) is 0 Å². The van der Waals surface area contributed by atoms with Crippen molar-refractivity contribution in [2.75, 3.05) is 11.4 Å². The molecule has 2 aromatic carbocycles. The van der Waals surface area contributed by atoms with Gasteiger partial charge in [-0.25, -0.2) is 12.8 Å². The highest BCUT2D eigenvalue weighted by Gasteiger charge is 2.37. The second-order valence-electron chi connectivity index (χ2n) is 5.42. The molecule has 0 N–H and O–H groups in total. The molecule has 4 nitrogen and oxygen atoms in total. The van der Waals surface area contributed by atoms with E-state index >= 15 is 0 Å². The van der Waals surface area contributed by atoms with Crippen LogP contribution in [-0.2, 0) is 16.4 Å². The van der Waals surface area contributed by atoms with E-state index in [-0.39, 0.29) is 16.7 Å². The minimum Gasteiger partial charge on any atom is -0.495 e. The molecule has 0 saturated carbocycles. The fourth-order valence-corrected chi connectivity index (χ4v) is 5.17. The average molecular weight is 400 g/mol. The van der Waals surface area contributed by atoms with Crippen LogP contribution in [-0.4, -0.2) is 21.6 Å². The predicted molar refractivity (Wildman–Crippen MR) is 89.9 cm³/mol. The van der Waals surface area contributed by atoms with Crippen LogP contribution in [0.2, 0.25) is 0 Å². The molecule has 0 bridgehead atoms. The van der Waals surface area contributed by atoms with Crippen molar-refractivity contribution >= 4 is 31.6 Å². The molecule has 0 aromatic heterocycles. The number of methoxy groups -OCH3 is 1. The van der Waals surface area contributed by atoms with Crippen molar-refractivity contribution in [1.82, 2.24) is 0 Å². The Morgan fingerprint density at radius 1 is 1.26 bits per heavy atom. The van der Waals surface area contributed by atoms with Crippen molar-refractivity contribution in [3.63, 3.8) is 0 Å². The fourth-order valence-electron chi connectivity index (χ4n) is 2.90. The number of ether oxygens (including phenoxy) is 1. The Morgan fingerprint density at radius 3 is 2.70 bits per heavy atom. The SMILES string of the molecule is COc1ccc(F)cc1S(=O)(=O)N1c2ccc(Br)cc2C[C@H]1C. The quantitative estimate of drug-likeness (QED) is 0.789. The smallest absolute Gasteiger partial charge is 0.268 e. The summed E-state index contributed by atoms with van der Waals surface area (Å²) in [6.07, 6.45) is 0.603. The maximum Gasteiger partial charge on any atom is 0.268 e. The second kappa shape index (κ2) is 5.79. The summed E-state index contributed by atoms with van der Waals surface area (Å²) in [5.74, 6) is -0.489. The molecule has 7 heteroatoms. The van der Waals surface area contributed by atoms with E-state index in [4.69, 9.17) is 4.74 Å². The summed E-state index contributed by atoms with van der Waals surface area (Å²) in [6, 6.07) is 8.70. The predicted octanol–water partition coefficient (Wildman–Crippen LogP) is 3.74. The Bertz CT molecular complexity index is 870. The lowest BCUT2D eigenvalue weighted by Crippen LogP contribution is -2.36. The normalized spacial score (nSPS) is 17.2. The molecule has 0 saturated heterocycles. The first-order valence-electron chi connectivity index (χ1n) is 7.01. The van der Waals surface area contributed by atoms with E-state index in [1.165, 1.54) is 23.5 Å². The number of fused-ring (bicyclic) bond motifs is 1. The van der Waals surface area contributed by atoms with Gasteiger partial charge in [-0.05, 0) is 55.3 Å². The van der Waals surface area contributed by atoms with E-state index in [2.05, 4.69) is 15.9 Å². The van der Waals surface area contributed by atoms with Crippen molar-refractivity contribution in [2.45, 2.75) is 24.3 Å². The van der Waals surface area contributed by atoms with Gasteiger partial charge in [-0.1, -0.05) is 15.9 Å². The third-order valence-electron chi connectivity index (χ3n) is 3.86. The van der Waals surface area contributed by atoms with Crippen molar-refractivity contribution < 1.29 is 17.5 Å². The van der Waals surface area contributed by atoms with Gasteiger partial charge in [0.25, 0.3) is 10.0 Å². The third-order valence-corrected chi connectivity index (χ3v) is 6.30. The number of hydrogen-bond acceptors (Lipinski definition) is 3. The molecular weight excluding hydrogens is 385 g/mol. The van der Waals surface area contributed by atoms with Crippen molar-refractivity contribution in [1.29, 1.82) is 0 Å². The third kappa shape index (κ3) is 2.72. The van der Waals surface area contributed by atoms with Crippen LogP contribution in [0, 0.1) is 5.82 Å². The molecule has 0 aliphatic carbocycles. The van der Waals surface area contributed by atoms with E-state index in [1.54, 1.807) is 12.1 Å². The van der Waals surface area contributed by atoms with Crippen molar-refractivity contribution in [3.8, 4) is 5.75 Å². The number of benzene rings is 2. The number of sulfonamides is 1. The van der Waals surface area contributed by atoms with Crippen molar-refractivity contribution in [3.05, 3.63) is 52.3 Å². The van der Waals surface area contributed by atoms with Gasteiger partial charge in [0, 0.05) is 10.5 Å². The summed E-state index contributed by atoms with van der Waals surface area (Å²) >= 11 is 3.39. The number of rotatable bonds is 3. The van der Waals surface area contributed by atoms with E-state index in [9.17, 15) is 12.8 Å². The number of nitrogens with zero attached hydrogens (tertiary/aromatic N) is 1. The zero-order valence-electron chi connectivity index (χ0n) is 12.6. The lowest BCUT2D eigenvalue weighted by atomic mass is 10.1. The first-order valence-corrected chi connectivity index (χ1v) is 9.24. The number of halogens is 2. The van der Waals surface area contributed by atoms with Crippen LogP contribution in [0.5, 0.6) is 5.75 Å². The second-order valence-corrected chi connectivity index (χ2v) is 8.12. The van der Waals surface area contributed by atoms with Crippen LogP contribution >= 0.6 is 15.9 Å². The Labute approximate surface area is 143 Å². The minimum absolute atomic E-state index is 0.129. The highest BCUT2D eigenvalue weighted by Crippen LogP contribution is 2.39. The zero-order chi connectivity index (χ0) is 16.8. The van der Waals surface area contributed by atoms with Crippen molar-refractivity contribution in [2.24, 2.45) is 0 Å². The Morgan fingerprint density at radius 2 is 2.00 bits per heavy atom. The van der Waals surface area contributed by atoms with E-state index in [0.717, 1.165) is 16.1 Å². The molecule has 0 radical (unpaired) electrons. The summed E-state index contributed by atoms with van der Waals surface area (Å²) in [7, 11) is -2.56. The Hall–Kier alpha value is -1.60. The van der Waals surface area contributed by atoms with Gasteiger partial charge in [-0.2, -0.15) is 0 Å². The molecule has 3 rings (SSSR count). The molecule has 122 valence electrons. The zero-order valence-corrected chi connectivity index (χ0v) is 15.0. The lowest BCUT2D eigenvalue weighted by molar-refractivity contribution is 0.400. The standard InChI is InChI=1S/C16H15BrFNO3S/c1-10-7-11-8-12(17)3-5-14(11)19(10)23(20,21)16-9-13(18)4-6-15(16)22-2/h3-6,8-10H,7H2,1-2H3/t10-/m1/s1. The fraction of sp³-hybridized carbons (Fsp3) is 0.250. The van der Waals surface area contributed by atoms with Crippen LogP contribution in [0.1, 0.15) is 12.5 Å². The van der Waals surface area contributed by atoms with Gasteiger partial charge in [0.05, 0.1) is 12.8 Å². The summed E-state index contributed by atoms with van der Waals surface area (Å²) in [5, 5.41) is 0. The molecule has 0 unspecified atom stereocenters. The van der Waals surface area contributed by atoms with Gasteiger partial charge in [0.2, 0.25) is 0 Å². The number of anilines is 1. The van der Waals surface area contributed by atoms with Crippen LogP contribution in [0.4, 0.5) is 10.1 Å². The van der Waals surface area contributed by atoms with E-state index in [0.29, 0.717) is 12.1 Å². The van der Waals surface area contributed by atoms with Gasteiger partial charge in [-0.3, -0.25) is 4.31 Å². The van der Waals surface area contributed by atoms with Gasteiger partial charge in [0.1, 0.15) is 16.5 Å². The monoisotopic (exact) mass is 399 g/mol. The van der Waals surface area contributed by atoms with Gasteiger partial charge in [-0.15, -0.1) is 0 Å². The lowest BCUT2D eigenvalue weighted by Gasteiger charge is -2.25. The average Bonchev–Trinajstić information content (AvgIpc) is 2.82. The maximum absolute atomic E-state index is 13.6. The van der Waals surface area contributed by atoms with Crippen LogP contribution in [0.15, 0.2) is 45.8 Å². The summed E-state index contributed by atoms with van der Waals surface area (Å²) in [5.41, 5.74) is 1.55. The highest BCUT2D eigenvalue weighted by atomic mass is 79.9. The first kappa shape index (κ1) is 16.3. The maximum atomic E-state index is 13.6. The Kier molecular flexibility index (Phi) is 4.10. The van der Waals surface area contributed by atoms with Crippen LogP contribution in [0.25, 0.3) is 0 Å². The summed E-state index contributed by atoms with van der Waals surface area (Å²) in [6.45, 7) is 1.83. The molecule has 2 aromatic rings. The largest absolute Gasteiger partial charge is 0.495 e. The molecule has 23 heavy (non-hydrogen) atoms. The van der Waals surface area contributed by atoms with Gasteiger partial charge < -0.3 is 4.74 Å². The van der Waals surface area contributed by atoms with Gasteiger partial charge >= 0.3 is 0 Å². The molecule has 0 spiro atoms. The van der Waals surface area contributed by atoms with E-state index in [1.807, 2.05) is 13.0 Å². The summed E-state index contributed by atoms with van der Waals surface area (Å²) in [4.78, 5) is -0.164. The summed E-state index contributed by atoms with van der Waals surface area (Å²) < 4.78 is 47.1. The minimum atomic E-state index is -3.93. The molecular formula is C16H15BrFNO3S. The molecule has 1 heterocycles. The first-order chi connectivity index (χ1) is 10.8. The number of hydrogen-bond donors (Lipinski definition) is 0. The molecule has 0 amide bonds.